The molecule has 7 heteroatoms. The van der Waals surface area contributed by atoms with Gasteiger partial charge >= 0.3 is 0 Å². The minimum absolute atomic E-state index is 0.147. The Morgan fingerprint density at radius 1 is 1.14 bits per heavy atom. The Morgan fingerprint density at radius 3 is 2.76 bits per heavy atom. The van der Waals surface area contributed by atoms with Gasteiger partial charge in [0, 0.05) is 31.1 Å². The van der Waals surface area contributed by atoms with Crippen LogP contribution in [-0.4, -0.2) is 38.4 Å². The molecule has 3 aliphatic rings. The van der Waals surface area contributed by atoms with E-state index in [2.05, 4.69) is 16.5 Å². The largest absolute Gasteiger partial charge is 0.322 e. The van der Waals surface area contributed by atoms with E-state index in [0.717, 1.165) is 35.2 Å². The van der Waals surface area contributed by atoms with E-state index in [1.54, 1.807) is 4.90 Å². The Kier molecular flexibility index (Phi) is 4.12. The van der Waals surface area contributed by atoms with Crippen LogP contribution in [0.3, 0.4) is 0 Å². The van der Waals surface area contributed by atoms with Crippen molar-refractivity contribution in [2.75, 3.05) is 0 Å². The van der Waals surface area contributed by atoms with Crippen molar-refractivity contribution in [3.8, 4) is 11.1 Å². The van der Waals surface area contributed by atoms with E-state index in [4.69, 9.17) is 0 Å². The smallest absolute Gasteiger partial charge is 0.255 e. The molecule has 1 atom stereocenters. The number of carbonyl (C=O) groups excluding carboxylic acids is 3. The summed E-state index contributed by atoms with van der Waals surface area (Å²) in [6.07, 6.45) is 8.11. The molecule has 0 radical (unpaired) electrons. The van der Waals surface area contributed by atoms with Crippen LogP contribution in [0.1, 0.15) is 53.7 Å². The van der Waals surface area contributed by atoms with Crippen molar-refractivity contribution in [1.82, 2.24) is 20.0 Å². The molecule has 148 valence electrons. The highest BCUT2D eigenvalue weighted by Crippen LogP contribution is 2.37. The van der Waals surface area contributed by atoms with Crippen LogP contribution in [0, 0.1) is 0 Å². The third kappa shape index (κ3) is 2.88. The Morgan fingerprint density at radius 2 is 2.00 bits per heavy atom. The van der Waals surface area contributed by atoms with Gasteiger partial charge in [0.25, 0.3) is 5.91 Å². The van der Waals surface area contributed by atoms with Crippen molar-refractivity contribution >= 4 is 23.3 Å². The highest BCUT2D eigenvalue weighted by molar-refractivity contribution is 6.05. The number of carbonyl (C=O) groups is 3. The van der Waals surface area contributed by atoms with Crippen LogP contribution in [0.4, 0.5) is 0 Å². The number of hydrogen-bond acceptors (Lipinski definition) is 4. The molecule has 0 saturated carbocycles. The molecule has 5 rings (SSSR count). The van der Waals surface area contributed by atoms with E-state index in [-0.39, 0.29) is 24.1 Å². The van der Waals surface area contributed by atoms with Crippen LogP contribution in [-0.2, 0) is 23.2 Å². The first-order valence-electron chi connectivity index (χ1n) is 10.0. The number of rotatable bonds is 3. The zero-order chi connectivity index (χ0) is 20.1. The first-order chi connectivity index (χ1) is 14.0. The molecule has 0 bridgehead atoms. The number of allylic oxidation sites excluding steroid dienone is 2. The third-order valence-electron chi connectivity index (χ3n) is 6.12. The third-order valence-corrected chi connectivity index (χ3v) is 6.12. The molecule has 2 aromatic rings. The average Bonchev–Trinajstić information content (AvgIpc) is 3.41. The molecule has 1 aromatic carbocycles. The van der Waals surface area contributed by atoms with E-state index in [1.165, 1.54) is 12.0 Å². The lowest BCUT2D eigenvalue weighted by Gasteiger charge is -2.29. The molecular weight excluding hydrogens is 368 g/mol. The molecule has 2 aliphatic heterocycles. The van der Waals surface area contributed by atoms with E-state index in [9.17, 15) is 14.4 Å². The highest BCUT2D eigenvalue weighted by atomic mass is 16.2. The predicted molar refractivity (Wildman–Crippen MR) is 107 cm³/mol. The number of aryl methyl sites for hydroxylation is 1. The van der Waals surface area contributed by atoms with Gasteiger partial charge in [0.1, 0.15) is 6.04 Å². The number of aromatic nitrogens is 2. The number of imide groups is 1. The fraction of sp³-hybridized carbons (Fsp3) is 0.364. The Bertz CT molecular complexity index is 1080. The lowest BCUT2D eigenvalue weighted by molar-refractivity contribution is -0.136. The molecule has 0 spiro atoms. The van der Waals surface area contributed by atoms with Gasteiger partial charge in [-0.3, -0.25) is 24.4 Å². The maximum atomic E-state index is 12.9. The van der Waals surface area contributed by atoms with E-state index >= 15 is 0 Å². The van der Waals surface area contributed by atoms with Gasteiger partial charge in [0.05, 0.1) is 11.9 Å². The minimum Gasteiger partial charge on any atom is -0.322 e. The quantitative estimate of drug-likeness (QED) is 0.816. The summed E-state index contributed by atoms with van der Waals surface area (Å²) in [6, 6.07) is 5.25. The SMILES string of the molecule is Cn1ncc(-c2ccc3c(c2)CN(C2CCC(=O)NC2=O)C3=O)c1C1=CCCC1. The lowest BCUT2D eigenvalue weighted by Crippen LogP contribution is -2.52. The molecule has 29 heavy (non-hydrogen) atoms. The summed E-state index contributed by atoms with van der Waals surface area (Å²) in [7, 11) is 1.96. The number of hydrogen-bond donors (Lipinski definition) is 1. The summed E-state index contributed by atoms with van der Waals surface area (Å²) >= 11 is 0. The van der Waals surface area contributed by atoms with E-state index in [0.29, 0.717) is 18.5 Å². The summed E-state index contributed by atoms with van der Waals surface area (Å²) in [4.78, 5) is 38.1. The number of amides is 3. The molecule has 1 saturated heterocycles. The Labute approximate surface area is 168 Å². The topological polar surface area (TPSA) is 84.3 Å². The molecule has 1 aliphatic carbocycles. The second kappa shape index (κ2) is 6.69. The van der Waals surface area contributed by atoms with Gasteiger partial charge < -0.3 is 4.90 Å². The fourth-order valence-corrected chi connectivity index (χ4v) is 4.66. The molecular formula is C22H22N4O3. The molecule has 1 unspecified atom stereocenters. The molecule has 3 heterocycles. The minimum atomic E-state index is -0.589. The van der Waals surface area contributed by atoms with Gasteiger partial charge in [-0.05, 0) is 54.5 Å². The highest BCUT2D eigenvalue weighted by Gasteiger charge is 2.39. The number of nitrogens with one attached hydrogen (secondary N) is 1. The van der Waals surface area contributed by atoms with Crippen molar-refractivity contribution in [3.05, 3.63) is 47.3 Å². The molecule has 3 amide bonds. The van der Waals surface area contributed by atoms with Crippen LogP contribution in [0.5, 0.6) is 0 Å². The summed E-state index contributed by atoms with van der Waals surface area (Å²) in [5.74, 6) is -0.806. The van der Waals surface area contributed by atoms with Crippen molar-refractivity contribution in [2.45, 2.75) is 44.7 Å². The summed E-state index contributed by atoms with van der Waals surface area (Å²) in [5.41, 5.74) is 6.08. The van der Waals surface area contributed by atoms with Crippen molar-refractivity contribution in [2.24, 2.45) is 7.05 Å². The van der Waals surface area contributed by atoms with Crippen LogP contribution >= 0.6 is 0 Å². The zero-order valence-electron chi connectivity index (χ0n) is 16.3. The Balaban J connectivity index is 1.47. The standard InChI is InChI=1S/C22H22N4O3/c1-25-20(13-4-2-3-5-13)17(11-23-25)14-6-7-16-15(10-14)12-26(22(16)29)18-8-9-19(27)24-21(18)28/h4,6-7,10-11,18H,2-3,5,8-9,12H2,1H3,(H,24,27,28). The first kappa shape index (κ1) is 17.8. The number of nitrogens with zero attached hydrogens (tertiary/aromatic N) is 3. The number of fused-ring (bicyclic) bond motifs is 1. The summed E-state index contributed by atoms with van der Waals surface area (Å²) < 4.78 is 1.92. The van der Waals surface area contributed by atoms with Gasteiger partial charge in [0.2, 0.25) is 11.8 Å². The van der Waals surface area contributed by atoms with Crippen molar-refractivity contribution in [1.29, 1.82) is 0 Å². The van der Waals surface area contributed by atoms with E-state index in [1.807, 2.05) is 36.1 Å². The maximum Gasteiger partial charge on any atom is 0.255 e. The van der Waals surface area contributed by atoms with Gasteiger partial charge in [-0.25, -0.2) is 0 Å². The van der Waals surface area contributed by atoms with E-state index < -0.39 is 6.04 Å². The normalized spacial score (nSPS) is 21.4. The number of piperidine rings is 1. The molecule has 1 fully saturated rings. The first-order valence-corrected chi connectivity index (χ1v) is 10.0. The summed E-state index contributed by atoms with van der Waals surface area (Å²) in [5, 5.41) is 6.81. The van der Waals surface area contributed by atoms with Crippen LogP contribution < -0.4 is 5.32 Å². The second-order valence-corrected chi connectivity index (χ2v) is 7.92. The molecule has 1 N–H and O–H groups in total. The fourth-order valence-electron chi connectivity index (χ4n) is 4.66. The van der Waals surface area contributed by atoms with Gasteiger partial charge in [-0.1, -0.05) is 12.1 Å². The monoisotopic (exact) mass is 390 g/mol. The maximum absolute atomic E-state index is 12.9. The predicted octanol–water partition coefficient (Wildman–Crippen LogP) is 2.42. The van der Waals surface area contributed by atoms with Crippen molar-refractivity contribution < 1.29 is 14.4 Å². The van der Waals surface area contributed by atoms with Gasteiger partial charge in [0.15, 0.2) is 0 Å². The van der Waals surface area contributed by atoms with Crippen LogP contribution in [0.15, 0.2) is 30.5 Å². The van der Waals surface area contributed by atoms with Crippen LogP contribution in [0.2, 0.25) is 0 Å². The van der Waals surface area contributed by atoms with Gasteiger partial charge in [-0.15, -0.1) is 0 Å². The molecule has 1 aromatic heterocycles. The zero-order valence-corrected chi connectivity index (χ0v) is 16.3. The Hall–Kier alpha value is -3.22. The van der Waals surface area contributed by atoms with Crippen LogP contribution in [0.25, 0.3) is 16.7 Å². The van der Waals surface area contributed by atoms with Crippen molar-refractivity contribution in [3.63, 3.8) is 0 Å². The summed E-state index contributed by atoms with van der Waals surface area (Å²) in [6.45, 7) is 0.382. The van der Waals surface area contributed by atoms with Gasteiger partial charge in [-0.2, -0.15) is 5.10 Å². The number of benzene rings is 1. The molecule has 7 nitrogen and oxygen atoms in total. The lowest BCUT2D eigenvalue weighted by atomic mass is 9.98. The second-order valence-electron chi connectivity index (χ2n) is 7.92. The average molecular weight is 390 g/mol.